The lowest BCUT2D eigenvalue weighted by molar-refractivity contribution is -0.137. The first-order valence-corrected chi connectivity index (χ1v) is 10.9. The zero-order chi connectivity index (χ0) is 21.9. The molecule has 1 aromatic carbocycles. The average molecular weight is 416 g/mol. The number of aryl methyl sites for hydroxylation is 1. The summed E-state index contributed by atoms with van der Waals surface area (Å²) in [5.41, 5.74) is 1.40. The smallest absolute Gasteiger partial charge is 0.325 e. The van der Waals surface area contributed by atoms with Crippen molar-refractivity contribution in [1.82, 2.24) is 15.5 Å². The Balaban J connectivity index is 1.50. The summed E-state index contributed by atoms with van der Waals surface area (Å²) in [6, 6.07) is 5.65. The number of carbonyl (C=O) groups is 3. The zero-order valence-corrected chi connectivity index (χ0v) is 18.4. The van der Waals surface area contributed by atoms with Crippen LogP contribution in [0.15, 0.2) is 18.2 Å². The predicted molar refractivity (Wildman–Crippen MR) is 114 cm³/mol. The number of nitrogens with one attached hydrogen (secondary N) is 2. The fraction of sp³-hybridized carbons (Fsp3) is 0.609. The molecule has 1 aliphatic heterocycles. The Labute approximate surface area is 178 Å². The molecular formula is C23H33N3O4. The van der Waals surface area contributed by atoms with E-state index in [9.17, 15) is 14.4 Å². The third-order valence-electron chi connectivity index (χ3n) is 6.28. The first-order valence-electron chi connectivity index (χ1n) is 10.9. The van der Waals surface area contributed by atoms with Gasteiger partial charge >= 0.3 is 6.03 Å². The lowest BCUT2D eigenvalue weighted by Crippen LogP contribution is -2.54. The van der Waals surface area contributed by atoms with E-state index in [0.717, 1.165) is 41.0 Å². The number of amides is 4. The molecule has 3 rings (SSSR count). The minimum absolute atomic E-state index is 0.0774. The monoisotopic (exact) mass is 415 g/mol. The second-order valence-corrected chi connectivity index (χ2v) is 8.83. The molecule has 2 atom stereocenters. The van der Waals surface area contributed by atoms with Gasteiger partial charge in [-0.2, -0.15) is 0 Å². The van der Waals surface area contributed by atoms with Gasteiger partial charge in [0.2, 0.25) is 5.91 Å². The molecule has 2 N–H and O–H groups in total. The van der Waals surface area contributed by atoms with E-state index in [1.807, 2.05) is 19.9 Å². The maximum Gasteiger partial charge on any atom is 0.325 e. The van der Waals surface area contributed by atoms with Crippen molar-refractivity contribution in [3.63, 3.8) is 0 Å². The number of ether oxygens (including phenoxy) is 1. The molecule has 1 saturated carbocycles. The van der Waals surface area contributed by atoms with Crippen LogP contribution >= 0.6 is 0 Å². The fourth-order valence-corrected chi connectivity index (χ4v) is 4.43. The van der Waals surface area contributed by atoms with Crippen LogP contribution in [0.3, 0.4) is 0 Å². The van der Waals surface area contributed by atoms with Crippen molar-refractivity contribution in [2.24, 2.45) is 5.92 Å². The molecular weight excluding hydrogens is 382 g/mol. The van der Waals surface area contributed by atoms with Gasteiger partial charge in [-0.1, -0.05) is 45.7 Å². The van der Waals surface area contributed by atoms with E-state index in [1.54, 1.807) is 0 Å². The molecule has 2 aliphatic rings. The largest absolute Gasteiger partial charge is 0.491 e. The van der Waals surface area contributed by atoms with Crippen molar-refractivity contribution < 1.29 is 19.1 Å². The summed E-state index contributed by atoms with van der Waals surface area (Å²) in [7, 11) is 0. The topological polar surface area (TPSA) is 87.7 Å². The van der Waals surface area contributed by atoms with Crippen molar-refractivity contribution in [3.8, 4) is 5.75 Å². The quantitative estimate of drug-likeness (QED) is 0.529. The lowest BCUT2D eigenvalue weighted by atomic mass is 9.73. The van der Waals surface area contributed by atoms with Crippen LogP contribution in [-0.4, -0.2) is 48.0 Å². The van der Waals surface area contributed by atoms with Crippen molar-refractivity contribution in [2.45, 2.75) is 64.8 Å². The summed E-state index contributed by atoms with van der Waals surface area (Å²) in [5, 5.41) is 5.62. The Morgan fingerprint density at radius 2 is 2.10 bits per heavy atom. The highest BCUT2D eigenvalue weighted by Gasteiger charge is 2.55. The van der Waals surface area contributed by atoms with E-state index in [0.29, 0.717) is 25.5 Å². The summed E-state index contributed by atoms with van der Waals surface area (Å²) in [6.07, 6.45) is 3.51. The highest BCUT2D eigenvalue weighted by Crippen LogP contribution is 2.38. The van der Waals surface area contributed by atoms with Crippen LogP contribution < -0.4 is 15.4 Å². The molecule has 0 unspecified atom stereocenters. The normalized spacial score (nSPS) is 23.8. The number of hydrogen-bond donors (Lipinski definition) is 2. The number of hydrogen-bond acceptors (Lipinski definition) is 4. The Bertz CT molecular complexity index is 823. The second kappa shape index (κ2) is 9.06. The van der Waals surface area contributed by atoms with Crippen molar-refractivity contribution in [2.75, 3.05) is 19.7 Å². The maximum absolute atomic E-state index is 12.9. The molecule has 30 heavy (non-hydrogen) atoms. The number of imide groups is 1. The molecule has 1 aromatic rings. The van der Waals surface area contributed by atoms with Gasteiger partial charge in [0.25, 0.3) is 5.91 Å². The Kier molecular flexibility index (Phi) is 6.68. The number of benzene rings is 1. The van der Waals surface area contributed by atoms with Crippen LogP contribution in [0.5, 0.6) is 5.75 Å². The van der Waals surface area contributed by atoms with E-state index in [2.05, 4.69) is 36.6 Å². The molecule has 0 aromatic heterocycles. The van der Waals surface area contributed by atoms with Gasteiger partial charge in [-0.05, 0) is 48.8 Å². The van der Waals surface area contributed by atoms with Gasteiger partial charge in [0.1, 0.15) is 24.4 Å². The fourth-order valence-electron chi connectivity index (χ4n) is 4.43. The summed E-state index contributed by atoms with van der Waals surface area (Å²) >= 11 is 0. The maximum atomic E-state index is 12.9. The first kappa shape index (κ1) is 22.1. The van der Waals surface area contributed by atoms with E-state index in [4.69, 9.17) is 4.74 Å². The van der Waals surface area contributed by atoms with Gasteiger partial charge in [0, 0.05) is 0 Å². The number of urea groups is 1. The zero-order valence-electron chi connectivity index (χ0n) is 18.4. The number of carbonyl (C=O) groups excluding carboxylic acids is 3. The van der Waals surface area contributed by atoms with Crippen molar-refractivity contribution in [3.05, 3.63) is 29.3 Å². The molecule has 4 amide bonds. The molecule has 1 saturated heterocycles. The van der Waals surface area contributed by atoms with Gasteiger partial charge in [-0.25, -0.2) is 4.79 Å². The minimum atomic E-state index is -0.836. The molecule has 0 radical (unpaired) electrons. The van der Waals surface area contributed by atoms with E-state index in [-0.39, 0.29) is 24.3 Å². The highest BCUT2D eigenvalue weighted by molar-refractivity contribution is 6.09. The number of rotatable bonds is 7. The average Bonchev–Trinajstić information content (AvgIpc) is 2.92. The third-order valence-corrected chi connectivity index (χ3v) is 6.28. The molecule has 1 heterocycles. The van der Waals surface area contributed by atoms with Crippen molar-refractivity contribution in [1.29, 1.82) is 0 Å². The summed E-state index contributed by atoms with van der Waals surface area (Å²) in [6.45, 7) is 8.58. The molecule has 0 bridgehead atoms. The Morgan fingerprint density at radius 3 is 2.80 bits per heavy atom. The van der Waals surface area contributed by atoms with Crippen LogP contribution in [0.2, 0.25) is 0 Å². The van der Waals surface area contributed by atoms with Crippen LogP contribution in [0.1, 0.15) is 63.5 Å². The van der Waals surface area contributed by atoms with Gasteiger partial charge < -0.3 is 15.4 Å². The van der Waals surface area contributed by atoms with Gasteiger partial charge in [-0.3, -0.25) is 14.5 Å². The van der Waals surface area contributed by atoms with Crippen LogP contribution in [0, 0.1) is 12.8 Å². The first-order chi connectivity index (χ1) is 14.2. The van der Waals surface area contributed by atoms with E-state index >= 15 is 0 Å². The van der Waals surface area contributed by atoms with Gasteiger partial charge in [0.05, 0.1) is 6.54 Å². The minimum Gasteiger partial charge on any atom is -0.491 e. The Hall–Kier alpha value is -2.57. The van der Waals surface area contributed by atoms with Gasteiger partial charge in [-0.15, -0.1) is 0 Å². The summed E-state index contributed by atoms with van der Waals surface area (Å²) < 4.78 is 5.87. The second-order valence-electron chi connectivity index (χ2n) is 8.83. The van der Waals surface area contributed by atoms with Gasteiger partial charge in [0.15, 0.2) is 0 Å². The summed E-state index contributed by atoms with van der Waals surface area (Å²) in [4.78, 5) is 38.7. The molecule has 1 spiro atoms. The lowest BCUT2D eigenvalue weighted by Gasteiger charge is -2.36. The third kappa shape index (κ3) is 4.45. The molecule has 7 nitrogen and oxygen atoms in total. The van der Waals surface area contributed by atoms with Crippen LogP contribution in [-0.2, 0) is 9.59 Å². The molecule has 1 aliphatic carbocycles. The predicted octanol–water partition coefficient (Wildman–Crippen LogP) is 3.11. The van der Waals surface area contributed by atoms with Crippen LogP contribution in [0.25, 0.3) is 0 Å². The SMILES string of the molecule is Cc1ccc(C(C)C)c(OCCNC(=O)CN2C(=O)N[C@]3(CCCC[C@H]3C)C2=O)c1. The van der Waals surface area contributed by atoms with Crippen LogP contribution in [0.4, 0.5) is 4.79 Å². The molecule has 2 fully saturated rings. The molecule has 7 heteroatoms. The standard InChI is InChI=1S/C23H33N3O4/c1-15(2)18-9-8-16(3)13-19(18)30-12-11-24-20(27)14-26-21(28)23(25-22(26)29)10-6-5-7-17(23)4/h8-9,13,15,17H,5-7,10-12,14H2,1-4H3,(H,24,27)(H,25,29)/t17-,23+/m1/s1. The molecule has 164 valence electrons. The van der Waals surface area contributed by atoms with E-state index < -0.39 is 11.6 Å². The highest BCUT2D eigenvalue weighted by atomic mass is 16.5. The number of nitrogens with zero attached hydrogens (tertiary/aromatic N) is 1. The Morgan fingerprint density at radius 1 is 1.33 bits per heavy atom. The van der Waals surface area contributed by atoms with Crippen molar-refractivity contribution >= 4 is 17.8 Å². The van der Waals surface area contributed by atoms with E-state index in [1.165, 1.54) is 0 Å². The summed E-state index contributed by atoms with van der Waals surface area (Å²) in [5.74, 6) is 0.600.